The van der Waals surface area contributed by atoms with Crippen molar-refractivity contribution in [1.82, 2.24) is 19.9 Å². The number of hydrogen-bond acceptors (Lipinski definition) is 6. The van der Waals surface area contributed by atoms with E-state index in [0.29, 0.717) is 5.95 Å². The molecule has 1 fully saturated rings. The Hall–Kier alpha value is -1.24. The van der Waals surface area contributed by atoms with E-state index in [1.54, 1.807) is 19.5 Å². The average Bonchev–Trinajstić information content (AvgIpc) is 2.47. The molecule has 1 aliphatic rings. The first-order valence-corrected chi connectivity index (χ1v) is 6.89. The van der Waals surface area contributed by atoms with Crippen molar-refractivity contribution in [3.63, 3.8) is 0 Å². The number of ether oxygens (including phenoxy) is 1. The van der Waals surface area contributed by atoms with Crippen LogP contribution in [0.5, 0.6) is 0 Å². The molecule has 0 amide bonds. The molecule has 19 heavy (non-hydrogen) atoms. The molecule has 0 aromatic carbocycles. The van der Waals surface area contributed by atoms with Crippen molar-refractivity contribution in [1.29, 1.82) is 0 Å². The van der Waals surface area contributed by atoms with Crippen LogP contribution in [0.15, 0.2) is 18.5 Å². The number of piperazine rings is 1. The van der Waals surface area contributed by atoms with Gasteiger partial charge in [0.15, 0.2) is 0 Å². The Morgan fingerprint density at radius 3 is 2.84 bits per heavy atom. The van der Waals surface area contributed by atoms with Gasteiger partial charge in [-0.2, -0.15) is 0 Å². The maximum Gasteiger partial charge on any atom is 0.237 e. The van der Waals surface area contributed by atoms with Crippen molar-refractivity contribution < 1.29 is 4.74 Å². The summed E-state index contributed by atoms with van der Waals surface area (Å²) in [5, 5.41) is 2.12. The van der Waals surface area contributed by atoms with Gasteiger partial charge in [0.05, 0.1) is 6.54 Å². The van der Waals surface area contributed by atoms with Crippen LogP contribution in [0.2, 0.25) is 0 Å². The third kappa shape index (κ3) is 4.12. The van der Waals surface area contributed by atoms with Gasteiger partial charge in [0.1, 0.15) is 6.23 Å². The van der Waals surface area contributed by atoms with Crippen molar-refractivity contribution in [2.24, 2.45) is 0 Å². The smallest absolute Gasteiger partial charge is 0.237 e. The lowest BCUT2D eigenvalue weighted by molar-refractivity contribution is -0.0760. The van der Waals surface area contributed by atoms with Crippen LogP contribution in [-0.2, 0) is 4.74 Å². The number of aromatic nitrogens is 2. The van der Waals surface area contributed by atoms with Gasteiger partial charge in [-0.3, -0.25) is 10.3 Å². The highest BCUT2D eigenvalue weighted by molar-refractivity contribution is 5.20. The van der Waals surface area contributed by atoms with E-state index in [0.717, 1.165) is 26.2 Å². The maximum atomic E-state index is 5.57. The first-order valence-electron chi connectivity index (χ1n) is 6.89. The van der Waals surface area contributed by atoms with Crippen LogP contribution in [0.4, 0.5) is 5.95 Å². The summed E-state index contributed by atoms with van der Waals surface area (Å²) >= 11 is 0. The highest BCUT2D eigenvalue weighted by Gasteiger charge is 2.26. The van der Waals surface area contributed by atoms with E-state index in [4.69, 9.17) is 4.74 Å². The molecule has 0 aliphatic carbocycles. The Labute approximate surface area is 114 Å². The van der Waals surface area contributed by atoms with E-state index >= 15 is 0 Å². The minimum Gasteiger partial charge on any atom is -0.365 e. The lowest BCUT2D eigenvalue weighted by Gasteiger charge is -2.40. The standard InChI is InChI=1S/C13H23N5O/c1-3-4-8-17-9-10-18(11-12(17)19-2)16-13-14-6-5-7-15-13/h5-7,12H,3-4,8-11H2,1-2H3,(H,14,15,16). The molecule has 1 unspecified atom stereocenters. The summed E-state index contributed by atoms with van der Waals surface area (Å²) in [7, 11) is 1.77. The SMILES string of the molecule is CCCCN1CCN(Nc2ncccn2)CC1OC. The van der Waals surface area contributed by atoms with Gasteiger partial charge in [0.25, 0.3) is 0 Å². The number of unbranched alkanes of at least 4 members (excludes halogenated alkanes) is 1. The van der Waals surface area contributed by atoms with Gasteiger partial charge in [0.2, 0.25) is 5.95 Å². The third-order valence-electron chi connectivity index (χ3n) is 3.34. The van der Waals surface area contributed by atoms with Crippen LogP contribution in [0.1, 0.15) is 19.8 Å². The molecule has 0 saturated carbocycles. The molecule has 1 atom stereocenters. The normalized spacial score (nSPS) is 21.5. The first-order chi connectivity index (χ1) is 9.33. The number of hydrogen-bond donors (Lipinski definition) is 1. The minimum absolute atomic E-state index is 0.136. The fraction of sp³-hybridized carbons (Fsp3) is 0.692. The van der Waals surface area contributed by atoms with Crippen LogP contribution in [-0.4, -0.2) is 59.4 Å². The van der Waals surface area contributed by atoms with E-state index in [9.17, 15) is 0 Å². The molecule has 1 aromatic heterocycles. The van der Waals surface area contributed by atoms with Crippen LogP contribution in [0.25, 0.3) is 0 Å². The van der Waals surface area contributed by atoms with Crippen molar-refractivity contribution >= 4 is 5.95 Å². The fourth-order valence-corrected chi connectivity index (χ4v) is 2.23. The van der Waals surface area contributed by atoms with E-state index in [-0.39, 0.29) is 6.23 Å². The average molecular weight is 265 g/mol. The Balaban J connectivity index is 1.86. The van der Waals surface area contributed by atoms with E-state index in [1.165, 1.54) is 12.8 Å². The second-order valence-corrected chi connectivity index (χ2v) is 4.71. The highest BCUT2D eigenvalue weighted by Crippen LogP contribution is 2.12. The monoisotopic (exact) mass is 265 g/mol. The van der Waals surface area contributed by atoms with Crippen molar-refractivity contribution in [2.45, 2.75) is 26.0 Å². The predicted molar refractivity (Wildman–Crippen MR) is 74.5 cm³/mol. The Kier molecular flexibility index (Phi) is 5.50. The topological polar surface area (TPSA) is 53.5 Å². The second kappa shape index (κ2) is 7.37. The molecular formula is C13H23N5O. The van der Waals surface area contributed by atoms with Crippen molar-refractivity contribution in [2.75, 3.05) is 38.7 Å². The van der Waals surface area contributed by atoms with Crippen LogP contribution >= 0.6 is 0 Å². The zero-order valence-electron chi connectivity index (χ0n) is 11.7. The van der Waals surface area contributed by atoms with Crippen LogP contribution in [0.3, 0.4) is 0 Å². The molecule has 2 rings (SSSR count). The quantitative estimate of drug-likeness (QED) is 0.834. The molecule has 0 bridgehead atoms. The van der Waals surface area contributed by atoms with E-state index in [2.05, 4.69) is 32.2 Å². The summed E-state index contributed by atoms with van der Waals surface area (Å²) in [6.45, 7) is 6.08. The van der Waals surface area contributed by atoms with Gasteiger partial charge < -0.3 is 4.74 Å². The van der Waals surface area contributed by atoms with Gasteiger partial charge in [-0.1, -0.05) is 13.3 Å². The zero-order valence-corrected chi connectivity index (χ0v) is 11.7. The van der Waals surface area contributed by atoms with E-state index in [1.807, 2.05) is 6.07 Å². The van der Waals surface area contributed by atoms with Crippen LogP contribution in [0, 0.1) is 0 Å². The predicted octanol–water partition coefficient (Wildman–Crippen LogP) is 1.19. The number of nitrogens with one attached hydrogen (secondary N) is 1. The van der Waals surface area contributed by atoms with Gasteiger partial charge in [-0.15, -0.1) is 0 Å². The van der Waals surface area contributed by atoms with Gasteiger partial charge in [-0.05, 0) is 12.5 Å². The lowest BCUT2D eigenvalue weighted by Crippen LogP contribution is -2.55. The molecule has 2 heterocycles. The Bertz CT molecular complexity index is 361. The second-order valence-electron chi connectivity index (χ2n) is 4.71. The number of hydrazine groups is 1. The highest BCUT2D eigenvalue weighted by atomic mass is 16.5. The summed E-state index contributed by atoms with van der Waals surface area (Å²) in [6.07, 6.45) is 6.04. The molecule has 0 radical (unpaired) electrons. The number of methoxy groups -OCH3 is 1. The molecule has 6 heteroatoms. The molecule has 6 nitrogen and oxygen atoms in total. The Morgan fingerprint density at radius 2 is 2.16 bits per heavy atom. The van der Waals surface area contributed by atoms with Crippen molar-refractivity contribution in [3.8, 4) is 0 Å². The Morgan fingerprint density at radius 1 is 1.37 bits per heavy atom. The first kappa shape index (κ1) is 14.2. The fourth-order valence-electron chi connectivity index (χ4n) is 2.23. The van der Waals surface area contributed by atoms with Gasteiger partial charge in [0, 0.05) is 39.1 Å². The summed E-state index contributed by atoms with van der Waals surface area (Å²) in [5.41, 5.74) is 3.23. The van der Waals surface area contributed by atoms with Gasteiger partial charge in [-0.25, -0.2) is 15.0 Å². The zero-order chi connectivity index (χ0) is 13.5. The number of rotatable bonds is 6. The largest absolute Gasteiger partial charge is 0.365 e. The molecule has 1 aliphatic heterocycles. The summed E-state index contributed by atoms with van der Waals surface area (Å²) in [4.78, 5) is 10.7. The maximum absolute atomic E-state index is 5.57. The number of nitrogens with zero attached hydrogens (tertiary/aromatic N) is 4. The minimum atomic E-state index is 0.136. The molecule has 1 saturated heterocycles. The van der Waals surface area contributed by atoms with Gasteiger partial charge >= 0.3 is 0 Å². The third-order valence-corrected chi connectivity index (χ3v) is 3.34. The molecule has 1 aromatic rings. The summed E-state index contributed by atoms with van der Waals surface area (Å²) < 4.78 is 5.57. The molecular weight excluding hydrogens is 242 g/mol. The van der Waals surface area contributed by atoms with Crippen molar-refractivity contribution in [3.05, 3.63) is 18.5 Å². The molecule has 1 N–H and O–H groups in total. The molecule has 106 valence electrons. The van der Waals surface area contributed by atoms with Crippen LogP contribution < -0.4 is 5.43 Å². The van der Waals surface area contributed by atoms with E-state index < -0.39 is 0 Å². The molecule has 0 spiro atoms. The summed E-state index contributed by atoms with van der Waals surface area (Å²) in [6, 6.07) is 1.81. The lowest BCUT2D eigenvalue weighted by atomic mass is 10.2. The summed E-state index contributed by atoms with van der Waals surface area (Å²) in [5.74, 6) is 0.638. The number of anilines is 1.